The number of nitrogens with one attached hydrogen (secondary N) is 1. The van der Waals surface area contributed by atoms with E-state index >= 15 is 0 Å². The lowest BCUT2D eigenvalue weighted by Crippen LogP contribution is -2.24. The first-order chi connectivity index (χ1) is 9.44. The molecule has 7 heteroatoms. The van der Waals surface area contributed by atoms with Gasteiger partial charge in [0.25, 0.3) is 0 Å². The van der Waals surface area contributed by atoms with Crippen LogP contribution in [0.25, 0.3) is 0 Å². The van der Waals surface area contributed by atoms with Gasteiger partial charge in [0, 0.05) is 6.54 Å². The fourth-order valence-electron chi connectivity index (χ4n) is 1.95. The van der Waals surface area contributed by atoms with Crippen molar-refractivity contribution >= 4 is 10.0 Å². The molecule has 2 N–H and O–H groups in total. The van der Waals surface area contributed by atoms with Gasteiger partial charge in [-0.25, -0.2) is 13.1 Å². The van der Waals surface area contributed by atoms with Crippen molar-refractivity contribution in [1.29, 1.82) is 0 Å². The lowest BCUT2D eigenvalue weighted by Gasteiger charge is -2.07. The SMILES string of the molecule is Cc1noc(C)c1S(=O)(=O)NCc1cccc(CO)c1. The molecule has 0 saturated heterocycles. The summed E-state index contributed by atoms with van der Waals surface area (Å²) in [5.41, 5.74) is 1.84. The molecule has 0 bridgehead atoms. The molecule has 0 radical (unpaired) electrons. The smallest absolute Gasteiger partial charge is 0.246 e. The van der Waals surface area contributed by atoms with E-state index in [9.17, 15) is 8.42 Å². The molecule has 1 heterocycles. The highest BCUT2D eigenvalue weighted by Gasteiger charge is 2.23. The van der Waals surface area contributed by atoms with E-state index in [1.165, 1.54) is 0 Å². The van der Waals surface area contributed by atoms with Gasteiger partial charge < -0.3 is 9.63 Å². The first kappa shape index (κ1) is 14.7. The van der Waals surface area contributed by atoms with Crippen molar-refractivity contribution in [1.82, 2.24) is 9.88 Å². The zero-order valence-corrected chi connectivity index (χ0v) is 12.1. The molecule has 0 aliphatic rings. The van der Waals surface area contributed by atoms with Crippen LogP contribution in [0.2, 0.25) is 0 Å². The van der Waals surface area contributed by atoms with E-state index in [4.69, 9.17) is 9.63 Å². The Morgan fingerprint density at radius 2 is 2.00 bits per heavy atom. The molecule has 0 spiro atoms. The number of sulfonamides is 1. The first-order valence-electron chi connectivity index (χ1n) is 6.05. The van der Waals surface area contributed by atoms with Gasteiger partial charge in [-0.3, -0.25) is 0 Å². The summed E-state index contributed by atoms with van der Waals surface area (Å²) >= 11 is 0. The lowest BCUT2D eigenvalue weighted by atomic mass is 10.1. The van der Waals surface area contributed by atoms with Gasteiger partial charge in [-0.15, -0.1) is 0 Å². The average Bonchev–Trinajstić information content (AvgIpc) is 2.77. The summed E-state index contributed by atoms with van der Waals surface area (Å²) in [6.45, 7) is 3.20. The quantitative estimate of drug-likeness (QED) is 0.866. The molecule has 0 atom stereocenters. The molecular formula is C13H16N2O4S. The summed E-state index contributed by atoms with van der Waals surface area (Å²) in [6.07, 6.45) is 0. The van der Waals surface area contributed by atoms with Gasteiger partial charge in [-0.2, -0.15) is 0 Å². The van der Waals surface area contributed by atoms with Crippen LogP contribution in [0.4, 0.5) is 0 Å². The van der Waals surface area contributed by atoms with Gasteiger partial charge in [0.2, 0.25) is 10.0 Å². The number of benzene rings is 1. The third-order valence-corrected chi connectivity index (χ3v) is 4.52. The average molecular weight is 296 g/mol. The summed E-state index contributed by atoms with van der Waals surface area (Å²) in [6, 6.07) is 7.07. The predicted molar refractivity (Wildman–Crippen MR) is 72.4 cm³/mol. The van der Waals surface area contributed by atoms with Crippen LogP contribution in [0.3, 0.4) is 0 Å². The summed E-state index contributed by atoms with van der Waals surface area (Å²) in [4.78, 5) is 0.0795. The second-order valence-electron chi connectivity index (χ2n) is 4.46. The predicted octanol–water partition coefficient (Wildman–Crippen LogP) is 1.26. The molecule has 20 heavy (non-hydrogen) atoms. The maximum atomic E-state index is 12.2. The summed E-state index contributed by atoms with van der Waals surface area (Å²) in [7, 11) is -3.66. The molecule has 0 aliphatic heterocycles. The maximum absolute atomic E-state index is 12.2. The highest BCUT2D eigenvalue weighted by Crippen LogP contribution is 2.19. The summed E-state index contributed by atoms with van der Waals surface area (Å²) < 4.78 is 31.8. The van der Waals surface area contributed by atoms with E-state index in [2.05, 4.69) is 9.88 Å². The van der Waals surface area contributed by atoms with Crippen LogP contribution in [-0.4, -0.2) is 18.7 Å². The van der Waals surface area contributed by atoms with Crippen molar-refractivity contribution in [2.45, 2.75) is 31.9 Å². The third-order valence-electron chi connectivity index (χ3n) is 2.88. The fourth-order valence-corrected chi connectivity index (χ4v) is 3.29. The summed E-state index contributed by atoms with van der Waals surface area (Å²) in [5.74, 6) is 0.263. The van der Waals surface area contributed by atoms with Crippen LogP contribution >= 0.6 is 0 Å². The number of hydrogen-bond donors (Lipinski definition) is 2. The minimum atomic E-state index is -3.66. The van der Waals surface area contributed by atoms with Crippen molar-refractivity contribution in [2.75, 3.05) is 0 Å². The number of aryl methyl sites for hydroxylation is 2. The number of aliphatic hydroxyl groups is 1. The number of rotatable bonds is 5. The van der Waals surface area contributed by atoms with Crippen LogP contribution in [-0.2, 0) is 23.2 Å². The monoisotopic (exact) mass is 296 g/mol. The van der Waals surface area contributed by atoms with Crippen molar-refractivity contribution in [3.63, 3.8) is 0 Å². The van der Waals surface area contributed by atoms with Crippen LogP contribution < -0.4 is 4.72 Å². The Bertz CT molecular complexity index is 687. The first-order valence-corrected chi connectivity index (χ1v) is 7.53. The molecule has 0 amide bonds. The van der Waals surface area contributed by atoms with Crippen LogP contribution in [0.1, 0.15) is 22.6 Å². The van der Waals surface area contributed by atoms with Gasteiger partial charge in [0.1, 0.15) is 10.6 Å². The topological polar surface area (TPSA) is 92.4 Å². The van der Waals surface area contributed by atoms with Gasteiger partial charge in [-0.05, 0) is 25.0 Å². The van der Waals surface area contributed by atoms with Gasteiger partial charge >= 0.3 is 0 Å². The molecule has 108 valence electrons. The van der Waals surface area contributed by atoms with Gasteiger partial charge in [0.15, 0.2) is 5.76 Å². The molecule has 0 fully saturated rings. The Kier molecular flexibility index (Phi) is 4.22. The highest BCUT2D eigenvalue weighted by molar-refractivity contribution is 7.89. The van der Waals surface area contributed by atoms with E-state index in [1.54, 1.807) is 38.1 Å². The zero-order chi connectivity index (χ0) is 14.8. The van der Waals surface area contributed by atoms with Crippen molar-refractivity contribution in [3.8, 4) is 0 Å². The Morgan fingerprint density at radius 3 is 2.60 bits per heavy atom. The minimum Gasteiger partial charge on any atom is -0.392 e. The van der Waals surface area contributed by atoms with Gasteiger partial charge in [-0.1, -0.05) is 29.4 Å². The molecule has 6 nitrogen and oxygen atoms in total. The largest absolute Gasteiger partial charge is 0.392 e. The number of aromatic nitrogens is 1. The fraction of sp³-hybridized carbons (Fsp3) is 0.308. The Labute approximate surface area is 117 Å². The van der Waals surface area contributed by atoms with Gasteiger partial charge in [0.05, 0.1) is 6.61 Å². The molecule has 0 aliphatic carbocycles. The number of hydrogen-bond acceptors (Lipinski definition) is 5. The van der Waals surface area contributed by atoms with Crippen LogP contribution in [0, 0.1) is 13.8 Å². The Morgan fingerprint density at radius 1 is 1.30 bits per heavy atom. The normalized spacial score (nSPS) is 11.8. The van der Waals surface area contributed by atoms with Crippen molar-refractivity contribution < 1.29 is 18.0 Å². The number of aliphatic hydroxyl groups excluding tert-OH is 1. The molecule has 2 rings (SSSR count). The third kappa shape index (κ3) is 3.06. The van der Waals surface area contributed by atoms with E-state index in [0.717, 1.165) is 11.1 Å². The maximum Gasteiger partial charge on any atom is 0.246 e. The number of nitrogens with zero attached hydrogens (tertiary/aromatic N) is 1. The van der Waals surface area contributed by atoms with Crippen LogP contribution in [0.15, 0.2) is 33.7 Å². The van der Waals surface area contributed by atoms with Crippen molar-refractivity contribution in [2.24, 2.45) is 0 Å². The van der Waals surface area contributed by atoms with E-state index in [-0.39, 0.29) is 23.8 Å². The summed E-state index contributed by atoms with van der Waals surface area (Å²) in [5, 5.41) is 12.7. The lowest BCUT2D eigenvalue weighted by molar-refractivity contribution is 0.281. The molecule has 1 aromatic heterocycles. The second kappa shape index (κ2) is 5.74. The standard InChI is InChI=1S/C13H16N2O4S/c1-9-13(10(2)19-15-9)20(17,18)14-7-11-4-3-5-12(6-11)8-16/h3-6,14,16H,7-8H2,1-2H3. The van der Waals surface area contributed by atoms with Crippen molar-refractivity contribution in [3.05, 3.63) is 46.8 Å². The molecular weight excluding hydrogens is 280 g/mol. The van der Waals surface area contributed by atoms with E-state index < -0.39 is 10.0 Å². The minimum absolute atomic E-state index is 0.0789. The highest BCUT2D eigenvalue weighted by atomic mass is 32.2. The Hall–Kier alpha value is -1.70. The molecule has 1 aromatic carbocycles. The molecule has 0 saturated carbocycles. The molecule has 0 unspecified atom stereocenters. The van der Waals surface area contributed by atoms with E-state index in [1.807, 2.05) is 0 Å². The van der Waals surface area contributed by atoms with Crippen LogP contribution in [0.5, 0.6) is 0 Å². The Balaban J connectivity index is 2.17. The van der Waals surface area contributed by atoms with E-state index in [0.29, 0.717) is 5.69 Å². The second-order valence-corrected chi connectivity index (χ2v) is 6.16. The zero-order valence-electron chi connectivity index (χ0n) is 11.3. The molecule has 2 aromatic rings.